The minimum absolute atomic E-state index is 0.0728. The van der Waals surface area contributed by atoms with Crippen molar-refractivity contribution in [3.63, 3.8) is 0 Å². The van der Waals surface area contributed by atoms with Gasteiger partial charge in [0.05, 0.1) is 7.11 Å². The average molecular weight is 218 g/mol. The SMILES string of the molecule is COc1ccc(C2=C(O)C(=O)CCC2)cc1. The second-order valence-corrected chi connectivity index (χ2v) is 3.83. The second kappa shape index (κ2) is 4.39. The van der Waals surface area contributed by atoms with Crippen molar-refractivity contribution in [2.24, 2.45) is 0 Å². The molecule has 0 heterocycles. The van der Waals surface area contributed by atoms with Gasteiger partial charge in [-0.15, -0.1) is 0 Å². The summed E-state index contributed by atoms with van der Waals surface area (Å²) >= 11 is 0. The van der Waals surface area contributed by atoms with Gasteiger partial charge in [-0.3, -0.25) is 4.79 Å². The maximum absolute atomic E-state index is 11.4. The molecule has 0 spiro atoms. The summed E-state index contributed by atoms with van der Waals surface area (Å²) in [6, 6.07) is 7.38. The van der Waals surface area contributed by atoms with Crippen LogP contribution < -0.4 is 4.74 Å². The number of hydrogen-bond acceptors (Lipinski definition) is 3. The van der Waals surface area contributed by atoms with Crippen molar-refractivity contribution in [3.05, 3.63) is 35.6 Å². The highest BCUT2D eigenvalue weighted by Gasteiger charge is 2.20. The van der Waals surface area contributed by atoms with E-state index in [9.17, 15) is 9.90 Å². The summed E-state index contributed by atoms with van der Waals surface area (Å²) < 4.78 is 5.06. The molecule has 0 bridgehead atoms. The van der Waals surface area contributed by atoms with Crippen LogP contribution in [0.1, 0.15) is 24.8 Å². The molecule has 0 unspecified atom stereocenters. The molecule has 0 saturated heterocycles. The summed E-state index contributed by atoms with van der Waals surface area (Å²) in [5.74, 6) is 0.541. The molecule has 1 aliphatic rings. The third-order valence-electron chi connectivity index (χ3n) is 2.82. The van der Waals surface area contributed by atoms with E-state index >= 15 is 0 Å². The number of carbonyl (C=O) groups is 1. The predicted octanol–water partition coefficient (Wildman–Crippen LogP) is 2.72. The van der Waals surface area contributed by atoms with Gasteiger partial charge >= 0.3 is 0 Å². The fourth-order valence-electron chi connectivity index (χ4n) is 1.90. The lowest BCUT2D eigenvalue weighted by atomic mass is 9.91. The molecular weight excluding hydrogens is 204 g/mol. The molecule has 1 aliphatic carbocycles. The molecule has 1 aromatic carbocycles. The highest BCUT2D eigenvalue weighted by molar-refractivity contribution is 6.01. The quantitative estimate of drug-likeness (QED) is 0.830. The molecule has 0 amide bonds. The number of rotatable bonds is 2. The van der Waals surface area contributed by atoms with Gasteiger partial charge < -0.3 is 9.84 Å². The van der Waals surface area contributed by atoms with Gasteiger partial charge in [0.15, 0.2) is 11.5 Å². The van der Waals surface area contributed by atoms with Crippen molar-refractivity contribution >= 4 is 11.4 Å². The number of aliphatic hydroxyl groups excluding tert-OH is 1. The Bertz CT molecular complexity index is 429. The lowest BCUT2D eigenvalue weighted by molar-refractivity contribution is -0.118. The van der Waals surface area contributed by atoms with Crippen LogP contribution in [0.15, 0.2) is 30.0 Å². The Labute approximate surface area is 94.4 Å². The normalized spacial score (nSPS) is 16.4. The van der Waals surface area contributed by atoms with Crippen molar-refractivity contribution < 1.29 is 14.6 Å². The van der Waals surface area contributed by atoms with Crippen LogP contribution in [0.2, 0.25) is 0 Å². The van der Waals surface area contributed by atoms with Crippen molar-refractivity contribution in [2.75, 3.05) is 7.11 Å². The van der Waals surface area contributed by atoms with Gasteiger partial charge in [-0.1, -0.05) is 12.1 Å². The summed E-state index contributed by atoms with van der Waals surface area (Å²) in [4.78, 5) is 11.4. The Morgan fingerprint density at radius 2 is 1.88 bits per heavy atom. The van der Waals surface area contributed by atoms with E-state index in [2.05, 4.69) is 0 Å². The van der Waals surface area contributed by atoms with E-state index in [1.54, 1.807) is 7.11 Å². The van der Waals surface area contributed by atoms with Gasteiger partial charge in [0.2, 0.25) is 0 Å². The summed E-state index contributed by atoms with van der Waals surface area (Å²) in [6.45, 7) is 0. The average Bonchev–Trinajstić information content (AvgIpc) is 2.33. The molecule has 0 radical (unpaired) electrons. The summed E-state index contributed by atoms with van der Waals surface area (Å²) in [5, 5.41) is 9.72. The van der Waals surface area contributed by atoms with Crippen LogP contribution in [0.5, 0.6) is 5.75 Å². The summed E-state index contributed by atoms with van der Waals surface area (Å²) in [5.41, 5.74) is 1.64. The molecule has 3 heteroatoms. The number of ketones is 1. The van der Waals surface area contributed by atoms with Gasteiger partial charge in [-0.05, 0) is 30.5 Å². The van der Waals surface area contributed by atoms with Crippen LogP contribution >= 0.6 is 0 Å². The number of aliphatic hydroxyl groups is 1. The fraction of sp³-hybridized carbons (Fsp3) is 0.308. The van der Waals surface area contributed by atoms with Crippen LogP contribution in [0.25, 0.3) is 5.57 Å². The van der Waals surface area contributed by atoms with Gasteiger partial charge in [0, 0.05) is 12.0 Å². The van der Waals surface area contributed by atoms with Gasteiger partial charge in [0.1, 0.15) is 5.75 Å². The molecule has 0 fully saturated rings. The third-order valence-corrected chi connectivity index (χ3v) is 2.82. The highest BCUT2D eigenvalue weighted by atomic mass is 16.5. The topological polar surface area (TPSA) is 46.5 Å². The van der Waals surface area contributed by atoms with E-state index in [0.29, 0.717) is 6.42 Å². The zero-order valence-electron chi connectivity index (χ0n) is 9.19. The standard InChI is InChI=1S/C13H14O3/c1-16-10-7-5-9(6-8-10)11-3-2-4-12(14)13(11)15/h5-8,15H,2-4H2,1H3. The number of ether oxygens (including phenoxy) is 1. The molecule has 84 valence electrons. The molecule has 0 aromatic heterocycles. The zero-order chi connectivity index (χ0) is 11.5. The van der Waals surface area contributed by atoms with Gasteiger partial charge in [0.25, 0.3) is 0 Å². The lowest BCUT2D eigenvalue weighted by Gasteiger charge is -2.15. The van der Waals surface area contributed by atoms with E-state index in [1.165, 1.54) is 0 Å². The Morgan fingerprint density at radius 1 is 1.19 bits per heavy atom. The van der Waals surface area contributed by atoms with E-state index in [4.69, 9.17) is 4.74 Å². The van der Waals surface area contributed by atoms with E-state index in [1.807, 2.05) is 24.3 Å². The minimum atomic E-state index is -0.155. The second-order valence-electron chi connectivity index (χ2n) is 3.83. The lowest BCUT2D eigenvalue weighted by Crippen LogP contribution is -2.10. The molecule has 3 nitrogen and oxygen atoms in total. The van der Waals surface area contributed by atoms with E-state index in [0.717, 1.165) is 29.7 Å². The number of methoxy groups -OCH3 is 1. The molecule has 1 aromatic rings. The summed E-state index contributed by atoms with van der Waals surface area (Å²) in [6.07, 6.45) is 2.01. The number of carbonyl (C=O) groups excluding carboxylic acids is 1. The number of benzene rings is 1. The van der Waals surface area contributed by atoms with Crippen LogP contribution in [0, 0.1) is 0 Å². The number of hydrogen-bond donors (Lipinski definition) is 1. The van der Waals surface area contributed by atoms with Crippen molar-refractivity contribution in [1.29, 1.82) is 0 Å². The maximum atomic E-state index is 11.4. The van der Waals surface area contributed by atoms with Crippen LogP contribution in [0.3, 0.4) is 0 Å². The first-order valence-electron chi connectivity index (χ1n) is 5.32. The molecule has 0 saturated carbocycles. The first-order valence-corrected chi connectivity index (χ1v) is 5.32. The fourth-order valence-corrected chi connectivity index (χ4v) is 1.90. The highest BCUT2D eigenvalue weighted by Crippen LogP contribution is 2.29. The number of Topliss-reactive ketones (excluding diaryl/α,β-unsaturated/α-hetero) is 1. The Hall–Kier alpha value is -1.77. The first kappa shape index (κ1) is 10.7. The van der Waals surface area contributed by atoms with Crippen molar-refractivity contribution in [1.82, 2.24) is 0 Å². The molecule has 0 atom stereocenters. The van der Waals surface area contributed by atoms with Crippen LogP contribution in [-0.2, 0) is 4.79 Å². The smallest absolute Gasteiger partial charge is 0.197 e. The third kappa shape index (κ3) is 1.94. The molecule has 16 heavy (non-hydrogen) atoms. The predicted molar refractivity (Wildman–Crippen MR) is 61.4 cm³/mol. The van der Waals surface area contributed by atoms with E-state index < -0.39 is 0 Å². The Kier molecular flexibility index (Phi) is 2.95. The molecule has 0 aliphatic heterocycles. The minimum Gasteiger partial charge on any atom is -0.504 e. The molecule has 1 N–H and O–H groups in total. The largest absolute Gasteiger partial charge is 0.504 e. The maximum Gasteiger partial charge on any atom is 0.197 e. The number of allylic oxidation sites excluding steroid dienone is 2. The van der Waals surface area contributed by atoms with Gasteiger partial charge in [-0.25, -0.2) is 0 Å². The monoisotopic (exact) mass is 218 g/mol. The first-order chi connectivity index (χ1) is 7.72. The molecule has 2 rings (SSSR count). The van der Waals surface area contributed by atoms with Crippen molar-refractivity contribution in [2.45, 2.75) is 19.3 Å². The zero-order valence-corrected chi connectivity index (χ0v) is 9.19. The Balaban J connectivity index is 2.36. The van der Waals surface area contributed by atoms with Gasteiger partial charge in [-0.2, -0.15) is 0 Å². The van der Waals surface area contributed by atoms with Crippen molar-refractivity contribution in [3.8, 4) is 5.75 Å². The van der Waals surface area contributed by atoms with Crippen LogP contribution in [0.4, 0.5) is 0 Å². The Morgan fingerprint density at radius 3 is 2.50 bits per heavy atom. The molecular formula is C13H14O3. The van der Waals surface area contributed by atoms with Crippen LogP contribution in [-0.4, -0.2) is 18.0 Å². The van der Waals surface area contributed by atoms with E-state index in [-0.39, 0.29) is 11.5 Å². The summed E-state index contributed by atoms with van der Waals surface area (Å²) in [7, 11) is 1.61.